The molecule has 0 N–H and O–H groups in total. The molecule has 1 heterocycles. The van der Waals surface area contributed by atoms with Crippen LogP contribution in [-0.2, 0) is 0 Å². The van der Waals surface area contributed by atoms with Crippen LogP contribution in [-0.4, -0.2) is 37.5 Å². The average molecular weight is 336 g/mol. The van der Waals surface area contributed by atoms with Gasteiger partial charge < -0.3 is 4.90 Å². The predicted molar refractivity (Wildman–Crippen MR) is 110 cm³/mol. The lowest BCUT2D eigenvalue weighted by atomic mass is 9.72. The Bertz CT molecular complexity index is 803. The van der Waals surface area contributed by atoms with Crippen LogP contribution in [0.2, 0.25) is 0 Å². The van der Waals surface area contributed by atoms with E-state index in [1.54, 1.807) is 0 Å². The maximum atomic E-state index is 2.45. The van der Waals surface area contributed by atoms with Gasteiger partial charge in [-0.2, -0.15) is 0 Å². The van der Waals surface area contributed by atoms with Gasteiger partial charge in [-0.25, -0.2) is 4.58 Å². The van der Waals surface area contributed by atoms with E-state index >= 15 is 0 Å². The van der Waals surface area contributed by atoms with Crippen molar-refractivity contribution in [2.45, 2.75) is 33.7 Å². The summed E-state index contributed by atoms with van der Waals surface area (Å²) in [7, 11) is 6.40. The fraction of sp³-hybridized carbons (Fsp3) is 0.435. The Morgan fingerprint density at radius 1 is 1.12 bits per heavy atom. The number of hydrogen-bond donors (Lipinski definition) is 0. The highest BCUT2D eigenvalue weighted by atomic mass is 15.1. The number of hydrogen-bond acceptors (Lipinski definition) is 1. The standard InChI is InChI=1S/C23H31N2/c1-16-8-12-21-20(14-16)23(3,4)22(25(21)7)13-10-18-9-11-19(24(5)6)15-17(18)2/h8-15,20-21H,1-7H3/q+1. The molecule has 2 aliphatic rings. The van der Waals surface area contributed by atoms with Crippen LogP contribution >= 0.6 is 0 Å². The monoisotopic (exact) mass is 335 g/mol. The minimum Gasteiger partial charge on any atom is -0.378 e. The van der Waals surface area contributed by atoms with E-state index in [9.17, 15) is 0 Å². The zero-order valence-corrected chi connectivity index (χ0v) is 16.7. The van der Waals surface area contributed by atoms with Gasteiger partial charge in [0.25, 0.3) is 0 Å². The molecule has 0 bridgehead atoms. The number of likely N-dealkylation sites (N-methyl/N-ethyl adjacent to an activating group) is 1. The van der Waals surface area contributed by atoms with E-state index < -0.39 is 0 Å². The van der Waals surface area contributed by atoms with Crippen molar-refractivity contribution in [3.63, 3.8) is 0 Å². The molecule has 0 spiro atoms. The largest absolute Gasteiger partial charge is 0.378 e. The SMILES string of the molecule is CC1=CC2C(C=C1)[N+](C)=C(C=Cc1ccc(N(C)C)cc1C)C2(C)C. The molecule has 1 aromatic rings. The summed E-state index contributed by atoms with van der Waals surface area (Å²) in [5.41, 5.74) is 6.78. The molecular weight excluding hydrogens is 304 g/mol. The van der Waals surface area contributed by atoms with Gasteiger partial charge in [0.15, 0.2) is 11.8 Å². The van der Waals surface area contributed by atoms with E-state index in [-0.39, 0.29) is 5.41 Å². The number of allylic oxidation sites excluding steroid dienone is 3. The molecule has 0 saturated heterocycles. The Kier molecular flexibility index (Phi) is 4.49. The first-order valence-corrected chi connectivity index (χ1v) is 9.15. The molecule has 0 aromatic heterocycles. The number of benzene rings is 1. The van der Waals surface area contributed by atoms with E-state index in [0.29, 0.717) is 12.0 Å². The molecule has 1 aromatic carbocycles. The first-order chi connectivity index (χ1) is 11.7. The Morgan fingerprint density at radius 2 is 1.84 bits per heavy atom. The number of aryl methyl sites for hydroxylation is 1. The van der Waals surface area contributed by atoms with Crippen molar-refractivity contribution in [2.75, 3.05) is 26.0 Å². The first-order valence-electron chi connectivity index (χ1n) is 9.15. The fourth-order valence-corrected chi connectivity index (χ4v) is 4.22. The molecule has 0 radical (unpaired) electrons. The molecule has 0 fully saturated rings. The molecule has 3 rings (SSSR count). The van der Waals surface area contributed by atoms with Crippen LogP contribution in [0, 0.1) is 18.3 Å². The first kappa shape index (κ1) is 17.7. The maximum absolute atomic E-state index is 2.45. The molecule has 2 heteroatoms. The summed E-state index contributed by atoms with van der Waals surface area (Å²) in [5, 5.41) is 0. The summed E-state index contributed by atoms with van der Waals surface area (Å²) in [6.45, 7) is 9.14. The van der Waals surface area contributed by atoms with E-state index in [1.165, 1.54) is 28.1 Å². The van der Waals surface area contributed by atoms with Crippen LogP contribution in [0.5, 0.6) is 0 Å². The van der Waals surface area contributed by atoms with Crippen LogP contribution in [0.4, 0.5) is 5.69 Å². The van der Waals surface area contributed by atoms with Gasteiger partial charge in [-0.3, -0.25) is 0 Å². The van der Waals surface area contributed by atoms with Gasteiger partial charge >= 0.3 is 0 Å². The Balaban J connectivity index is 1.93. The quantitative estimate of drug-likeness (QED) is 0.726. The topological polar surface area (TPSA) is 6.25 Å². The number of rotatable bonds is 3. The van der Waals surface area contributed by atoms with Crippen LogP contribution in [0.1, 0.15) is 31.9 Å². The highest BCUT2D eigenvalue weighted by Crippen LogP contribution is 2.42. The number of anilines is 1. The number of fused-ring (bicyclic) bond motifs is 1. The highest BCUT2D eigenvalue weighted by molar-refractivity contribution is 6.00. The Morgan fingerprint density at radius 3 is 2.48 bits per heavy atom. The summed E-state index contributed by atoms with van der Waals surface area (Å²) < 4.78 is 2.45. The second kappa shape index (κ2) is 6.33. The van der Waals surface area contributed by atoms with Gasteiger partial charge in [0.05, 0.1) is 11.3 Å². The van der Waals surface area contributed by atoms with Crippen molar-refractivity contribution >= 4 is 17.5 Å². The molecule has 1 aliphatic heterocycles. The summed E-state index contributed by atoms with van der Waals surface area (Å²) in [6.07, 6.45) is 11.7. The van der Waals surface area contributed by atoms with E-state index in [1.807, 2.05) is 0 Å². The van der Waals surface area contributed by atoms with Crippen LogP contribution in [0.15, 0.2) is 48.1 Å². The van der Waals surface area contributed by atoms with Crippen molar-refractivity contribution in [2.24, 2.45) is 11.3 Å². The lowest BCUT2D eigenvalue weighted by Gasteiger charge is -2.25. The van der Waals surface area contributed by atoms with Gasteiger partial charge in [-0.1, -0.05) is 23.8 Å². The Hall–Kier alpha value is -2.09. The molecule has 132 valence electrons. The molecule has 2 nitrogen and oxygen atoms in total. The van der Waals surface area contributed by atoms with Crippen LogP contribution < -0.4 is 4.90 Å². The summed E-state index contributed by atoms with van der Waals surface area (Å²) in [5.74, 6) is 0.541. The van der Waals surface area contributed by atoms with Crippen LogP contribution in [0.25, 0.3) is 6.08 Å². The minimum atomic E-state index is 0.138. The second-order valence-electron chi connectivity index (χ2n) is 8.27. The number of nitrogens with zero attached hydrogens (tertiary/aromatic N) is 2. The van der Waals surface area contributed by atoms with Crippen molar-refractivity contribution in [3.8, 4) is 0 Å². The van der Waals surface area contributed by atoms with Crippen LogP contribution in [0.3, 0.4) is 0 Å². The molecular formula is C23H31N2+. The molecule has 0 amide bonds. The van der Waals surface area contributed by atoms with Gasteiger partial charge in [-0.05, 0) is 63.1 Å². The normalized spacial score (nSPS) is 24.7. The molecule has 2 unspecified atom stereocenters. The molecule has 0 saturated carbocycles. The summed E-state index contributed by atoms with van der Waals surface area (Å²) in [4.78, 5) is 2.15. The zero-order valence-electron chi connectivity index (χ0n) is 16.7. The average Bonchev–Trinajstić information content (AvgIpc) is 2.73. The zero-order chi connectivity index (χ0) is 18.4. The lowest BCUT2D eigenvalue weighted by Crippen LogP contribution is -2.30. The smallest absolute Gasteiger partial charge is 0.182 e. The fourth-order valence-electron chi connectivity index (χ4n) is 4.22. The third-order valence-corrected chi connectivity index (χ3v) is 5.88. The van der Waals surface area contributed by atoms with E-state index in [0.717, 1.165) is 0 Å². The van der Waals surface area contributed by atoms with E-state index in [4.69, 9.17) is 0 Å². The minimum absolute atomic E-state index is 0.138. The summed E-state index contributed by atoms with van der Waals surface area (Å²) >= 11 is 0. The van der Waals surface area contributed by atoms with Crippen molar-refractivity contribution in [1.82, 2.24) is 0 Å². The Labute approximate surface area is 152 Å². The van der Waals surface area contributed by atoms with Crippen molar-refractivity contribution in [3.05, 3.63) is 59.2 Å². The van der Waals surface area contributed by atoms with E-state index in [2.05, 4.69) is 107 Å². The van der Waals surface area contributed by atoms with Crippen molar-refractivity contribution < 1.29 is 4.58 Å². The lowest BCUT2D eigenvalue weighted by molar-refractivity contribution is -0.521. The second-order valence-corrected chi connectivity index (χ2v) is 8.27. The molecule has 2 atom stereocenters. The van der Waals surface area contributed by atoms with Gasteiger partial charge in [0, 0.05) is 25.9 Å². The van der Waals surface area contributed by atoms with Gasteiger partial charge in [0.1, 0.15) is 7.05 Å². The van der Waals surface area contributed by atoms with Gasteiger partial charge in [-0.15, -0.1) is 0 Å². The van der Waals surface area contributed by atoms with Crippen molar-refractivity contribution in [1.29, 1.82) is 0 Å². The third-order valence-electron chi connectivity index (χ3n) is 5.88. The highest BCUT2D eigenvalue weighted by Gasteiger charge is 2.51. The summed E-state index contributed by atoms with van der Waals surface area (Å²) in [6, 6.07) is 7.13. The maximum Gasteiger partial charge on any atom is 0.182 e. The molecule has 1 aliphatic carbocycles. The predicted octanol–water partition coefficient (Wildman–Crippen LogP) is 4.70. The molecule has 25 heavy (non-hydrogen) atoms. The third kappa shape index (κ3) is 3.10. The van der Waals surface area contributed by atoms with Gasteiger partial charge in [0.2, 0.25) is 0 Å².